The van der Waals surface area contributed by atoms with E-state index in [4.69, 9.17) is 4.42 Å². The van der Waals surface area contributed by atoms with Crippen LogP contribution in [0.1, 0.15) is 0 Å². The quantitative estimate of drug-likeness (QED) is 0.640. The highest BCUT2D eigenvalue weighted by Gasteiger charge is 2.10. The second-order valence-corrected chi connectivity index (χ2v) is 5.18. The van der Waals surface area contributed by atoms with Gasteiger partial charge in [0.25, 0.3) is 0 Å². The molecule has 0 amide bonds. The molecule has 0 aliphatic heterocycles. The number of nitrogens with zero attached hydrogens (tertiary/aromatic N) is 2. The fourth-order valence-electron chi connectivity index (χ4n) is 1.70. The number of benzene rings is 2. The van der Waals surface area contributed by atoms with E-state index in [2.05, 4.69) is 32.8 Å². The molecule has 1 aromatic heterocycles. The molecule has 0 N–H and O–H groups in total. The van der Waals surface area contributed by atoms with Crippen LogP contribution in [0.3, 0.4) is 0 Å². The van der Waals surface area contributed by atoms with Crippen LogP contribution in [0.15, 0.2) is 52.9 Å². The first-order valence-electron chi connectivity index (χ1n) is 5.58. The summed E-state index contributed by atoms with van der Waals surface area (Å²) in [6.07, 6.45) is 0. The summed E-state index contributed by atoms with van der Waals surface area (Å²) in [6.45, 7) is 0. The van der Waals surface area contributed by atoms with Gasteiger partial charge in [-0.3, -0.25) is 0 Å². The van der Waals surface area contributed by atoms with E-state index in [0.717, 1.165) is 9.13 Å². The molecule has 3 rings (SSSR count). The van der Waals surface area contributed by atoms with E-state index in [1.165, 1.54) is 12.1 Å². The van der Waals surface area contributed by atoms with Crippen molar-refractivity contribution >= 4 is 22.6 Å². The van der Waals surface area contributed by atoms with Crippen LogP contribution in [-0.4, -0.2) is 10.2 Å². The van der Waals surface area contributed by atoms with Gasteiger partial charge in [-0.15, -0.1) is 10.2 Å². The highest BCUT2D eigenvalue weighted by Crippen LogP contribution is 2.25. The van der Waals surface area contributed by atoms with Crippen molar-refractivity contribution in [2.24, 2.45) is 0 Å². The Morgan fingerprint density at radius 2 is 1.53 bits per heavy atom. The number of aromatic nitrogens is 2. The molecule has 3 nitrogen and oxygen atoms in total. The smallest absolute Gasteiger partial charge is 0.248 e. The van der Waals surface area contributed by atoms with Gasteiger partial charge >= 0.3 is 0 Å². The highest BCUT2D eigenvalue weighted by atomic mass is 127. The molecule has 0 aliphatic rings. The highest BCUT2D eigenvalue weighted by molar-refractivity contribution is 14.1. The molecule has 19 heavy (non-hydrogen) atoms. The fraction of sp³-hybridized carbons (Fsp3) is 0. The average Bonchev–Trinajstić information content (AvgIpc) is 2.88. The molecule has 2 aromatic carbocycles. The summed E-state index contributed by atoms with van der Waals surface area (Å²) >= 11 is 2.22. The predicted octanol–water partition coefficient (Wildman–Crippen LogP) is 4.15. The molecule has 94 valence electrons. The Morgan fingerprint density at radius 1 is 0.895 bits per heavy atom. The lowest BCUT2D eigenvalue weighted by atomic mass is 10.2. The van der Waals surface area contributed by atoms with E-state index in [0.29, 0.717) is 17.3 Å². The molecule has 5 heteroatoms. The number of hydrogen-bond acceptors (Lipinski definition) is 3. The fourth-order valence-corrected chi connectivity index (χ4v) is 2.24. The van der Waals surface area contributed by atoms with Crippen LogP contribution in [0.5, 0.6) is 0 Å². The van der Waals surface area contributed by atoms with Crippen molar-refractivity contribution in [3.05, 3.63) is 57.9 Å². The van der Waals surface area contributed by atoms with Crippen LogP contribution in [0, 0.1) is 9.39 Å². The van der Waals surface area contributed by atoms with Gasteiger partial charge in [0.05, 0.1) is 0 Å². The summed E-state index contributed by atoms with van der Waals surface area (Å²) in [5.74, 6) is 0.414. The molecule has 0 spiro atoms. The van der Waals surface area contributed by atoms with Crippen molar-refractivity contribution in [3.8, 4) is 22.9 Å². The minimum Gasteiger partial charge on any atom is -0.416 e. The number of halogens is 2. The third-order valence-electron chi connectivity index (χ3n) is 2.57. The average molecular weight is 366 g/mol. The van der Waals surface area contributed by atoms with Gasteiger partial charge in [0.2, 0.25) is 11.8 Å². The summed E-state index contributed by atoms with van der Waals surface area (Å²) in [5.41, 5.74) is 1.42. The Morgan fingerprint density at radius 3 is 2.16 bits per heavy atom. The Hall–Kier alpha value is -1.76. The van der Waals surface area contributed by atoms with Gasteiger partial charge in [-0.1, -0.05) is 12.1 Å². The molecule has 0 atom stereocenters. The van der Waals surface area contributed by atoms with Crippen LogP contribution < -0.4 is 0 Å². The van der Waals surface area contributed by atoms with Gasteiger partial charge in [-0.25, -0.2) is 4.39 Å². The summed E-state index contributed by atoms with van der Waals surface area (Å²) < 4.78 is 19.8. The minimum atomic E-state index is -0.327. The molecule has 1 heterocycles. The maximum absolute atomic E-state index is 13.1. The van der Waals surface area contributed by atoms with Crippen LogP contribution in [0.2, 0.25) is 0 Å². The van der Waals surface area contributed by atoms with Crippen molar-refractivity contribution < 1.29 is 8.81 Å². The first kappa shape index (κ1) is 12.3. The molecule has 0 bridgehead atoms. The maximum atomic E-state index is 13.1. The van der Waals surface area contributed by atoms with Crippen molar-refractivity contribution in [1.29, 1.82) is 0 Å². The van der Waals surface area contributed by atoms with Crippen LogP contribution in [-0.2, 0) is 0 Å². The second kappa shape index (κ2) is 5.08. The van der Waals surface area contributed by atoms with Crippen LogP contribution in [0.4, 0.5) is 4.39 Å². The van der Waals surface area contributed by atoms with E-state index in [9.17, 15) is 4.39 Å². The van der Waals surface area contributed by atoms with Crippen LogP contribution in [0.25, 0.3) is 22.9 Å². The second-order valence-electron chi connectivity index (χ2n) is 3.93. The SMILES string of the molecule is Fc1cccc(-c2nnc(-c3cccc(I)c3)o2)c1. The molecular formula is C14H8FIN2O. The molecule has 0 saturated carbocycles. The van der Waals surface area contributed by atoms with Gasteiger partial charge in [-0.2, -0.15) is 0 Å². The van der Waals surface area contributed by atoms with Crippen molar-refractivity contribution in [3.63, 3.8) is 0 Å². The predicted molar refractivity (Wildman–Crippen MR) is 77.8 cm³/mol. The van der Waals surface area contributed by atoms with E-state index in [1.807, 2.05) is 24.3 Å². The summed E-state index contributed by atoms with van der Waals surface area (Å²) in [7, 11) is 0. The van der Waals surface area contributed by atoms with E-state index >= 15 is 0 Å². The van der Waals surface area contributed by atoms with E-state index in [-0.39, 0.29) is 5.82 Å². The molecule has 3 aromatic rings. The number of hydrogen-bond donors (Lipinski definition) is 0. The van der Waals surface area contributed by atoms with Crippen molar-refractivity contribution in [2.45, 2.75) is 0 Å². The third-order valence-corrected chi connectivity index (χ3v) is 3.24. The standard InChI is InChI=1S/C14H8FIN2O/c15-11-5-1-3-9(7-11)13-17-18-14(19-13)10-4-2-6-12(16)8-10/h1-8H. The lowest BCUT2D eigenvalue weighted by molar-refractivity contribution is 0.582. The Bertz CT molecular complexity index is 667. The van der Waals surface area contributed by atoms with Gasteiger partial charge < -0.3 is 4.42 Å². The zero-order chi connectivity index (χ0) is 13.2. The molecular weight excluding hydrogens is 358 g/mol. The molecule has 0 saturated heterocycles. The zero-order valence-corrected chi connectivity index (χ0v) is 11.8. The van der Waals surface area contributed by atoms with Gasteiger partial charge in [-0.05, 0) is 59.0 Å². The Balaban J connectivity index is 2.00. The lowest BCUT2D eigenvalue weighted by Crippen LogP contribution is -1.79. The molecule has 0 fully saturated rings. The largest absolute Gasteiger partial charge is 0.416 e. The molecule has 0 unspecified atom stereocenters. The zero-order valence-electron chi connectivity index (χ0n) is 9.68. The van der Waals surface area contributed by atoms with E-state index in [1.54, 1.807) is 12.1 Å². The lowest BCUT2D eigenvalue weighted by Gasteiger charge is -1.96. The first-order chi connectivity index (χ1) is 9.22. The Labute approximate surface area is 122 Å². The number of rotatable bonds is 2. The normalized spacial score (nSPS) is 10.6. The van der Waals surface area contributed by atoms with Gasteiger partial charge in [0.15, 0.2) is 0 Å². The summed E-state index contributed by atoms with van der Waals surface area (Å²) in [4.78, 5) is 0. The van der Waals surface area contributed by atoms with E-state index < -0.39 is 0 Å². The topological polar surface area (TPSA) is 38.9 Å². The van der Waals surface area contributed by atoms with Crippen LogP contribution >= 0.6 is 22.6 Å². The van der Waals surface area contributed by atoms with Crippen molar-refractivity contribution in [1.82, 2.24) is 10.2 Å². The molecule has 0 radical (unpaired) electrons. The van der Waals surface area contributed by atoms with Gasteiger partial charge in [0, 0.05) is 14.7 Å². The van der Waals surface area contributed by atoms with Crippen molar-refractivity contribution in [2.75, 3.05) is 0 Å². The first-order valence-corrected chi connectivity index (χ1v) is 6.65. The van der Waals surface area contributed by atoms with Gasteiger partial charge in [0.1, 0.15) is 5.82 Å². The third kappa shape index (κ3) is 2.65. The monoisotopic (exact) mass is 366 g/mol. The molecule has 0 aliphatic carbocycles. The summed E-state index contributed by atoms with van der Waals surface area (Å²) in [5, 5.41) is 7.94. The minimum absolute atomic E-state index is 0.313. The Kier molecular flexibility index (Phi) is 3.29. The maximum Gasteiger partial charge on any atom is 0.248 e. The summed E-state index contributed by atoms with van der Waals surface area (Å²) in [6, 6.07) is 13.8.